The Hall–Kier alpha value is -1.88. The molecule has 0 radical (unpaired) electrons. The molecule has 1 atom stereocenters. The van der Waals surface area contributed by atoms with Crippen LogP contribution in [0.15, 0.2) is 31.0 Å². The molecule has 0 aliphatic heterocycles. The molecule has 0 aliphatic carbocycles. The van der Waals surface area contributed by atoms with E-state index in [1.807, 2.05) is 19.1 Å². The third-order valence-electron chi connectivity index (χ3n) is 2.43. The number of aromatic nitrogens is 1. The van der Waals surface area contributed by atoms with Crippen molar-refractivity contribution in [2.24, 2.45) is 0 Å². The van der Waals surface area contributed by atoms with Crippen molar-refractivity contribution in [2.45, 2.75) is 19.5 Å². The Morgan fingerprint density at radius 2 is 2.44 bits per heavy atom. The summed E-state index contributed by atoms with van der Waals surface area (Å²) in [6, 6.07) is 3.45. The molecule has 5 heteroatoms. The summed E-state index contributed by atoms with van der Waals surface area (Å²) in [5.41, 5.74) is 1.02. The first-order chi connectivity index (χ1) is 8.67. The van der Waals surface area contributed by atoms with Gasteiger partial charge >= 0.3 is 0 Å². The fraction of sp³-hybridized carbons (Fsp3) is 0.385. The van der Waals surface area contributed by atoms with E-state index in [4.69, 9.17) is 4.74 Å². The summed E-state index contributed by atoms with van der Waals surface area (Å²) in [5.74, 6) is 0.522. The maximum atomic E-state index is 11.6. The molecule has 5 nitrogen and oxygen atoms in total. The van der Waals surface area contributed by atoms with Crippen LogP contribution in [0.5, 0.6) is 5.88 Å². The number of carbonyl (C=O) groups is 1. The lowest BCUT2D eigenvalue weighted by Crippen LogP contribution is -2.41. The molecular weight excluding hydrogens is 230 g/mol. The number of ether oxygens (including phenoxy) is 1. The van der Waals surface area contributed by atoms with Crippen LogP contribution in [0, 0.1) is 0 Å². The molecule has 0 bridgehead atoms. The van der Waals surface area contributed by atoms with E-state index in [9.17, 15) is 4.79 Å². The minimum absolute atomic E-state index is 0.0454. The number of rotatable bonds is 7. The number of carbonyl (C=O) groups excluding carboxylic acids is 1. The van der Waals surface area contributed by atoms with Crippen molar-refractivity contribution in [2.75, 3.05) is 13.7 Å². The molecule has 1 amide bonds. The molecule has 0 aliphatic rings. The smallest absolute Gasteiger partial charge is 0.237 e. The summed E-state index contributed by atoms with van der Waals surface area (Å²) in [6.45, 7) is 6.43. The highest BCUT2D eigenvalue weighted by Gasteiger charge is 2.10. The maximum absolute atomic E-state index is 11.6. The zero-order valence-corrected chi connectivity index (χ0v) is 10.8. The van der Waals surface area contributed by atoms with Gasteiger partial charge in [0.1, 0.15) is 0 Å². The van der Waals surface area contributed by atoms with Crippen LogP contribution in [0.3, 0.4) is 0 Å². The van der Waals surface area contributed by atoms with Crippen LogP contribution in [0.4, 0.5) is 0 Å². The van der Waals surface area contributed by atoms with E-state index in [1.165, 1.54) is 0 Å². The summed E-state index contributed by atoms with van der Waals surface area (Å²) < 4.78 is 5.03. The standard InChI is InChI=1S/C13H19N3O2/c1-4-6-15-13(17)10(2)16-9-11-5-7-14-12(8-11)18-3/h4-5,7-8,10,16H,1,6,9H2,2-3H3,(H,15,17). The molecule has 2 N–H and O–H groups in total. The number of amides is 1. The quantitative estimate of drug-likeness (QED) is 0.704. The van der Waals surface area contributed by atoms with Crippen LogP contribution in [0.1, 0.15) is 12.5 Å². The van der Waals surface area contributed by atoms with Gasteiger partial charge in [-0.1, -0.05) is 6.08 Å². The Kier molecular flexibility index (Phi) is 5.87. The maximum Gasteiger partial charge on any atom is 0.237 e. The number of hydrogen-bond donors (Lipinski definition) is 2. The van der Waals surface area contributed by atoms with E-state index in [0.717, 1.165) is 5.56 Å². The highest BCUT2D eigenvalue weighted by molar-refractivity contribution is 5.81. The summed E-state index contributed by atoms with van der Waals surface area (Å²) >= 11 is 0. The lowest BCUT2D eigenvalue weighted by molar-refractivity contribution is -0.122. The van der Waals surface area contributed by atoms with E-state index >= 15 is 0 Å². The number of nitrogens with zero attached hydrogens (tertiary/aromatic N) is 1. The molecule has 98 valence electrons. The van der Waals surface area contributed by atoms with Crippen molar-refractivity contribution >= 4 is 5.91 Å². The Balaban J connectivity index is 2.43. The van der Waals surface area contributed by atoms with Gasteiger partial charge < -0.3 is 15.4 Å². The molecule has 0 saturated carbocycles. The molecule has 18 heavy (non-hydrogen) atoms. The second-order valence-corrected chi connectivity index (χ2v) is 3.84. The van der Waals surface area contributed by atoms with Crippen LogP contribution in [0.2, 0.25) is 0 Å². The molecule has 0 spiro atoms. The number of hydrogen-bond acceptors (Lipinski definition) is 4. The highest BCUT2D eigenvalue weighted by Crippen LogP contribution is 2.08. The third kappa shape index (κ3) is 4.55. The monoisotopic (exact) mass is 249 g/mol. The highest BCUT2D eigenvalue weighted by atomic mass is 16.5. The van der Waals surface area contributed by atoms with Gasteiger partial charge in [-0.2, -0.15) is 0 Å². The van der Waals surface area contributed by atoms with Crippen molar-refractivity contribution in [1.82, 2.24) is 15.6 Å². The SMILES string of the molecule is C=CCNC(=O)C(C)NCc1ccnc(OC)c1. The lowest BCUT2D eigenvalue weighted by atomic mass is 10.2. The molecular formula is C13H19N3O2. The zero-order valence-electron chi connectivity index (χ0n) is 10.8. The van der Waals surface area contributed by atoms with Gasteiger partial charge in [0.05, 0.1) is 13.2 Å². The van der Waals surface area contributed by atoms with Gasteiger partial charge in [0, 0.05) is 25.4 Å². The molecule has 0 saturated heterocycles. The molecule has 0 fully saturated rings. The van der Waals surface area contributed by atoms with Gasteiger partial charge in [0.15, 0.2) is 0 Å². The van der Waals surface area contributed by atoms with Crippen LogP contribution in [-0.2, 0) is 11.3 Å². The van der Waals surface area contributed by atoms with Gasteiger partial charge in [-0.3, -0.25) is 4.79 Å². The minimum Gasteiger partial charge on any atom is -0.481 e. The molecule has 1 heterocycles. The van der Waals surface area contributed by atoms with E-state index in [2.05, 4.69) is 22.2 Å². The van der Waals surface area contributed by atoms with Crippen LogP contribution < -0.4 is 15.4 Å². The van der Waals surface area contributed by atoms with Crippen LogP contribution in [-0.4, -0.2) is 30.6 Å². The van der Waals surface area contributed by atoms with Crippen molar-refractivity contribution in [3.05, 3.63) is 36.5 Å². The average molecular weight is 249 g/mol. The van der Waals surface area contributed by atoms with Crippen LogP contribution >= 0.6 is 0 Å². The van der Waals surface area contributed by atoms with Crippen molar-refractivity contribution < 1.29 is 9.53 Å². The first-order valence-corrected chi connectivity index (χ1v) is 5.78. The molecule has 0 aromatic carbocycles. The van der Waals surface area contributed by atoms with Gasteiger partial charge in [0.2, 0.25) is 11.8 Å². The Morgan fingerprint density at radius 3 is 3.11 bits per heavy atom. The van der Waals surface area contributed by atoms with Crippen LogP contribution in [0.25, 0.3) is 0 Å². The van der Waals surface area contributed by atoms with Gasteiger partial charge in [-0.25, -0.2) is 4.98 Å². The number of pyridine rings is 1. The summed E-state index contributed by atoms with van der Waals surface area (Å²) in [6.07, 6.45) is 3.33. The fourth-order valence-electron chi connectivity index (χ4n) is 1.36. The first kappa shape index (κ1) is 14.2. The minimum atomic E-state index is -0.260. The second kappa shape index (κ2) is 7.45. The van der Waals surface area contributed by atoms with Crippen molar-refractivity contribution in [3.8, 4) is 5.88 Å². The molecule has 1 aromatic rings. The van der Waals surface area contributed by atoms with E-state index in [1.54, 1.807) is 19.4 Å². The Bertz CT molecular complexity index is 407. The largest absolute Gasteiger partial charge is 0.481 e. The first-order valence-electron chi connectivity index (χ1n) is 5.78. The zero-order chi connectivity index (χ0) is 13.4. The van der Waals surface area contributed by atoms with Gasteiger partial charge in [0.25, 0.3) is 0 Å². The Labute approximate surface area is 107 Å². The number of nitrogens with one attached hydrogen (secondary N) is 2. The normalized spacial score (nSPS) is 11.7. The molecule has 1 unspecified atom stereocenters. The predicted octanol–water partition coefficient (Wildman–Crippen LogP) is 0.870. The predicted molar refractivity (Wildman–Crippen MR) is 70.3 cm³/mol. The van der Waals surface area contributed by atoms with E-state index in [-0.39, 0.29) is 11.9 Å². The van der Waals surface area contributed by atoms with Crippen molar-refractivity contribution in [1.29, 1.82) is 0 Å². The van der Waals surface area contributed by atoms with Gasteiger partial charge in [-0.15, -0.1) is 6.58 Å². The van der Waals surface area contributed by atoms with Crippen molar-refractivity contribution in [3.63, 3.8) is 0 Å². The second-order valence-electron chi connectivity index (χ2n) is 3.84. The third-order valence-corrected chi connectivity index (χ3v) is 2.43. The molecule has 1 rings (SSSR count). The topological polar surface area (TPSA) is 63.2 Å². The lowest BCUT2D eigenvalue weighted by Gasteiger charge is -2.13. The Morgan fingerprint density at radius 1 is 1.67 bits per heavy atom. The summed E-state index contributed by atoms with van der Waals surface area (Å²) in [5, 5.41) is 5.86. The summed E-state index contributed by atoms with van der Waals surface area (Å²) in [4.78, 5) is 15.6. The number of methoxy groups -OCH3 is 1. The van der Waals surface area contributed by atoms with E-state index in [0.29, 0.717) is 19.0 Å². The fourth-order valence-corrected chi connectivity index (χ4v) is 1.36. The average Bonchev–Trinajstić information content (AvgIpc) is 2.42. The van der Waals surface area contributed by atoms with E-state index < -0.39 is 0 Å². The van der Waals surface area contributed by atoms with Gasteiger partial charge in [-0.05, 0) is 18.6 Å². The summed E-state index contributed by atoms with van der Waals surface area (Å²) in [7, 11) is 1.57. The molecule has 1 aromatic heterocycles.